The van der Waals surface area contributed by atoms with Crippen molar-refractivity contribution in [3.8, 4) is 0 Å². The summed E-state index contributed by atoms with van der Waals surface area (Å²) < 4.78 is 37.4. The Morgan fingerprint density at radius 3 is 2.52 bits per heavy atom. The summed E-state index contributed by atoms with van der Waals surface area (Å²) in [4.78, 5) is 13.1. The minimum atomic E-state index is -1.07. The largest absolute Gasteiger partial charge is 0.481 e. The fraction of sp³-hybridized carbons (Fsp3) is 0.346. The Hall–Kier alpha value is -2.61. The molecule has 174 valence electrons. The van der Waals surface area contributed by atoms with E-state index in [4.69, 9.17) is 9.47 Å². The Morgan fingerprint density at radius 2 is 1.94 bits per heavy atom. The van der Waals surface area contributed by atoms with Crippen LogP contribution in [0.4, 0.5) is 4.39 Å². The maximum Gasteiger partial charge on any atom is 0.311 e. The van der Waals surface area contributed by atoms with Gasteiger partial charge in [-0.25, -0.2) is 4.39 Å². The van der Waals surface area contributed by atoms with Gasteiger partial charge in [0.2, 0.25) is 0 Å². The third-order valence-electron chi connectivity index (χ3n) is 6.11. The highest BCUT2D eigenvalue weighted by molar-refractivity contribution is 7.84. The van der Waals surface area contributed by atoms with Crippen molar-refractivity contribution in [3.63, 3.8) is 0 Å². The molecule has 0 spiro atoms. The number of fused-ring (bicyclic) bond motifs is 1. The molecule has 0 aromatic heterocycles. The summed E-state index contributed by atoms with van der Waals surface area (Å²) in [6.07, 6.45) is 3.44. The van der Waals surface area contributed by atoms with Crippen molar-refractivity contribution in [1.82, 2.24) is 0 Å². The van der Waals surface area contributed by atoms with Crippen LogP contribution in [0.1, 0.15) is 43.9 Å². The number of halogens is 1. The summed E-state index contributed by atoms with van der Waals surface area (Å²) in [5.74, 6) is -3.02. The number of benzene rings is 2. The van der Waals surface area contributed by atoms with Gasteiger partial charge in [-0.15, -0.1) is 0 Å². The second kappa shape index (κ2) is 8.97. The molecule has 1 N–H and O–H groups in total. The van der Waals surface area contributed by atoms with Crippen LogP contribution in [0, 0.1) is 11.7 Å². The molecule has 0 radical (unpaired) electrons. The van der Waals surface area contributed by atoms with E-state index in [2.05, 4.69) is 0 Å². The summed E-state index contributed by atoms with van der Waals surface area (Å²) >= 11 is 0. The Morgan fingerprint density at radius 1 is 1.24 bits per heavy atom. The minimum Gasteiger partial charge on any atom is -0.481 e. The number of aliphatic carboxylic acids is 1. The average Bonchev–Trinajstić information content (AvgIpc) is 3.22. The van der Waals surface area contributed by atoms with Crippen LogP contribution in [0.5, 0.6) is 0 Å². The van der Waals surface area contributed by atoms with Crippen LogP contribution in [-0.2, 0) is 25.1 Å². The normalized spacial score (nSPS) is 22.5. The lowest BCUT2D eigenvalue weighted by Crippen LogP contribution is -2.26. The van der Waals surface area contributed by atoms with Crippen molar-refractivity contribution in [2.75, 3.05) is 12.9 Å². The molecule has 4 rings (SSSR count). The molecule has 1 heterocycles. The molecule has 0 saturated carbocycles. The predicted octanol–water partition coefficient (Wildman–Crippen LogP) is 5.13. The fourth-order valence-electron chi connectivity index (χ4n) is 4.56. The van der Waals surface area contributed by atoms with E-state index in [1.54, 1.807) is 26.2 Å². The number of hydrogen-bond acceptors (Lipinski definition) is 4. The van der Waals surface area contributed by atoms with E-state index in [9.17, 15) is 18.5 Å². The van der Waals surface area contributed by atoms with E-state index in [0.717, 1.165) is 27.2 Å². The molecule has 0 bridgehead atoms. The van der Waals surface area contributed by atoms with Gasteiger partial charge in [-0.05, 0) is 90.9 Å². The van der Waals surface area contributed by atoms with Crippen molar-refractivity contribution >= 4 is 34.0 Å². The van der Waals surface area contributed by atoms with Crippen LogP contribution in [0.15, 0.2) is 52.9 Å². The molecule has 0 amide bonds. The van der Waals surface area contributed by atoms with Gasteiger partial charge < -0.3 is 14.6 Å². The molecule has 1 aliphatic heterocycles. The van der Waals surface area contributed by atoms with Crippen molar-refractivity contribution in [1.29, 1.82) is 0 Å². The summed E-state index contributed by atoms with van der Waals surface area (Å²) in [5.41, 5.74) is 4.52. The van der Waals surface area contributed by atoms with Crippen LogP contribution in [0.25, 0.3) is 17.2 Å². The van der Waals surface area contributed by atoms with E-state index in [1.807, 2.05) is 37.3 Å². The third kappa shape index (κ3) is 4.86. The molecular weight excluding hydrogens is 443 g/mol. The van der Waals surface area contributed by atoms with Crippen LogP contribution in [-0.4, -0.2) is 40.0 Å². The summed E-state index contributed by atoms with van der Waals surface area (Å²) in [5, 5.41) is 10.1. The maximum absolute atomic E-state index is 14.2. The quantitative estimate of drug-likeness (QED) is 0.633. The summed E-state index contributed by atoms with van der Waals surface area (Å²) in [6.45, 7) is 5.79. The van der Waals surface area contributed by atoms with Gasteiger partial charge in [0.25, 0.3) is 0 Å². The lowest BCUT2D eigenvalue weighted by Gasteiger charge is -2.21. The maximum atomic E-state index is 14.2. The number of hydrogen-bond donors (Lipinski definition) is 1. The van der Waals surface area contributed by atoms with Gasteiger partial charge in [-0.2, -0.15) is 0 Å². The van der Waals surface area contributed by atoms with Crippen LogP contribution < -0.4 is 0 Å². The van der Waals surface area contributed by atoms with E-state index >= 15 is 0 Å². The number of rotatable bonds is 6. The predicted molar refractivity (Wildman–Crippen MR) is 126 cm³/mol. The highest BCUT2D eigenvalue weighted by Crippen LogP contribution is 2.47. The molecule has 2 aromatic rings. The Balaban J connectivity index is 1.77. The molecule has 1 aliphatic carbocycles. The zero-order valence-corrected chi connectivity index (χ0v) is 19.9. The first kappa shape index (κ1) is 23.5. The van der Waals surface area contributed by atoms with Crippen LogP contribution in [0.2, 0.25) is 0 Å². The number of allylic oxidation sites excluding steroid dienone is 2. The number of carbonyl (C=O) groups is 1. The van der Waals surface area contributed by atoms with Gasteiger partial charge in [-0.3, -0.25) is 9.00 Å². The zero-order valence-electron chi connectivity index (χ0n) is 19.1. The van der Waals surface area contributed by atoms with Gasteiger partial charge in [0, 0.05) is 22.0 Å². The van der Waals surface area contributed by atoms with Crippen molar-refractivity contribution < 1.29 is 28.0 Å². The lowest BCUT2D eigenvalue weighted by molar-refractivity contribution is -0.147. The Bertz CT molecular complexity index is 1180. The Kier molecular flexibility index (Phi) is 6.40. The first-order chi connectivity index (χ1) is 15.6. The second-order valence-corrected chi connectivity index (χ2v) is 10.3. The van der Waals surface area contributed by atoms with Gasteiger partial charge in [0.1, 0.15) is 5.82 Å². The highest BCUT2D eigenvalue weighted by atomic mass is 32.2. The zero-order chi connectivity index (χ0) is 23.9. The average molecular weight is 471 g/mol. The van der Waals surface area contributed by atoms with Crippen molar-refractivity contribution in [2.45, 2.75) is 44.0 Å². The second-order valence-electron chi connectivity index (χ2n) is 8.89. The highest BCUT2D eigenvalue weighted by Gasteiger charge is 2.39. The van der Waals surface area contributed by atoms with E-state index < -0.39 is 34.3 Å². The molecule has 7 heteroatoms. The van der Waals surface area contributed by atoms with Crippen LogP contribution in [0.3, 0.4) is 0 Å². The molecular formula is C26H27FO5S. The van der Waals surface area contributed by atoms with Gasteiger partial charge in [0.15, 0.2) is 5.79 Å². The summed E-state index contributed by atoms with van der Waals surface area (Å²) in [7, 11) is -1.07. The first-order valence-corrected chi connectivity index (χ1v) is 12.3. The molecule has 3 unspecified atom stereocenters. The van der Waals surface area contributed by atoms with E-state index in [-0.39, 0.29) is 12.5 Å². The number of carboxylic acids is 1. The molecule has 5 nitrogen and oxygen atoms in total. The summed E-state index contributed by atoms with van der Waals surface area (Å²) in [6, 6.07) is 11.9. The van der Waals surface area contributed by atoms with Gasteiger partial charge in [0.05, 0.1) is 18.6 Å². The van der Waals surface area contributed by atoms with Crippen molar-refractivity contribution in [2.24, 2.45) is 5.92 Å². The topological polar surface area (TPSA) is 72.8 Å². The minimum absolute atomic E-state index is 0.228. The van der Waals surface area contributed by atoms with Crippen LogP contribution >= 0.6 is 0 Å². The van der Waals surface area contributed by atoms with E-state index in [1.165, 1.54) is 12.1 Å². The lowest BCUT2D eigenvalue weighted by atomic mass is 9.87. The monoisotopic (exact) mass is 470 g/mol. The van der Waals surface area contributed by atoms with Gasteiger partial charge in [-0.1, -0.05) is 18.2 Å². The molecule has 2 aromatic carbocycles. The molecule has 3 atom stereocenters. The SMILES string of the molecule is CC1=C(C(CC2COC(C)(C)O2)C(=O)O)c2cc(F)ccc2C1=Cc1ccc(S(C)=O)cc1. The number of carboxylic acid groups (broad SMARTS) is 1. The molecule has 1 fully saturated rings. The molecule has 2 aliphatic rings. The third-order valence-corrected chi connectivity index (χ3v) is 7.04. The standard InChI is InChI=1S/C26H27FO5S/c1-15-21(11-16-5-8-19(9-6-16)33(4)30)20-10-7-17(27)12-22(20)24(15)23(25(28)29)13-18-14-31-26(2,3)32-18/h5-12,18,23H,13-14H2,1-4H3,(H,28,29). The number of ether oxygens (including phenoxy) is 2. The van der Waals surface area contributed by atoms with Gasteiger partial charge >= 0.3 is 5.97 Å². The molecule has 1 saturated heterocycles. The molecule has 33 heavy (non-hydrogen) atoms. The Labute approximate surface area is 195 Å². The van der Waals surface area contributed by atoms with Crippen molar-refractivity contribution in [3.05, 3.63) is 70.5 Å². The fourth-order valence-corrected chi connectivity index (χ4v) is 5.08. The smallest absolute Gasteiger partial charge is 0.311 e. The first-order valence-electron chi connectivity index (χ1n) is 10.8. The van der Waals surface area contributed by atoms with E-state index in [0.29, 0.717) is 17.7 Å².